The molecular formula is C4H3BrN2O2S. The average molecular weight is 223 g/mol. The van der Waals surface area contributed by atoms with E-state index in [0.717, 1.165) is 11.3 Å². The fourth-order valence-electron chi connectivity index (χ4n) is 0.458. The Balaban J connectivity index is 3.15. The van der Waals surface area contributed by atoms with E-state index in [2.05, 4.69) is 20.9 Å². The van der Waals surface area contributed by atoms with Gasteiger partial charge in [-0.25, -0.2) is 9.78 Å². The Labute approximate surface area is 68.8 Å². The molecule has 0 atom stereocenters. The van der Waals surface area contributed by atoms with E-state index in [9.17, 15) is 4.79 Å². The van der Waals surface area contributed by atoms with Crippen LogP contribution in [0.3, 0.4) is 0 Å². The van der Waals surface area contributed by atoms with Crippen molar-refractivity contribution in [2.24, 2.45) is 0 Å². The van der Waals surface area contributed by atoms with Gasteiger partial charge in [-0.2, -0.15) is 0 Å². The monoisotopic (exact) mass is 222 g/mol. The number of thiazole rings is 1. The van der Waals surface area contributed by atoms with E-state index in [-0.39, 0.29) is 10.7 Å². The highest BCUT2D eigenvalue weighted by molar-refractivity contribution is 9.11. The highest BCUT2D eigenvalue weighted by atomic mass is 79.9. The highest BCUT2D eigenvalue weighted by Gasteiger charge is 2.12. The van der Waals surface area contributed by atoms with Gasteiger partial charge >= 0.3 is 5.97 Å². The van der Waals surface area contributed by atoms with Crippen LogP contribution in [0.4, 0.5) is 5.82 Å². The van der Waals surface area contributed by atoms with E-state index >= 15 is 0 Å². The van der Waals surface area contributed by atoms with Gasteiger partial charge in [-0.3, -0.25) is 0 Å². The van der Waals surface area contributed by atoms with Crippen LogP contribution in [-0.2, 0) is 0 Å². The lowest BCUT2D eigenvalue weighted by atomic mass is 10.5. The second-order valence-corrected chi connectivity index (χ2v) is 3.76. The zero-order valence-corrected chi connectivity index (χ0v) is 7.07. The van der Waals surface area contributed by atoms with Crippen LogP contribution >= 0.6 is 27.3 Å². The molecule has 0 saturated heterocycles. The molecule has 0 spiro atoms. The fourth-order valence-corrected chi connectivity index (χ4v) is 1.68. The molecule has 0 unspecified atom stereocenters. The highest BCUT2D eigenvalue weighted by Crippen LogP contribution is 2.24. The lowest BCUT2D eigenvalue weighted by molar-refractivity contribution is 0.0703. The molecule has 1 heterocycles. The predicted octanol–water partition coefficient (Wildman–Crippen LogP) is 1.19. The summed E-state index contributed by atoms with van der Waals surface area (Å²) < 4.78 is 0.488. The van der Waals surface area contributed by atoms with E-state index in [1.165, 1.54) is 0 Å². The molecule has 6 heteroatoms. The Morgan fingerprint density at radius 1 is 1.80 bits per heavy atom. The van der Waals surface area contributed by atoms with Gasteiger partial charge in [0.25, 0.3) is 0 Å². The first kappa shape index (κ1) is 7.49. The maximum absolute atomic E-state index is 10.3. The number of carboxylic acid groups (broad SMARTS) is 1. The van der Waals surface area contributed by atoms with E-state index in [1.807, 2.05) is 0 Å². The van der Waals surface area contributed by atoms with E-state index in [4.69, 9.17) is 10.8 Å². The van der Waals surface area contributed by atoms with Gasteiger partial charge in [-0.05, 0) is 15.9 Å². The van der Waals surface area contributed by atoms with Crippen molar-refractivity contribution in [3.05, 3.63) is 8.79 Å². The minimum atomic E-state index is -1.04. The van der Waals surface area contributed by atoms with Gasteiger partial charge in [0.15, 0.2) is 14.6 Å². The molecule has 0 aromatic carbocycles. The standard InChI is InChI=1S/C4H3BrN2O2S/c5-4-7-2(6)1(10-4)3(8)9/h6H2,(H,8,9). The van der Waals surface area contributed by atoms with Crippen molar-refractivity contribution < 1.29 is 9.90 Å². The Morgan fingerprint density at radius 2 is 2.40 bits per heavy atom. The van der Waals surface area contributed by atoms with Crippen molar-refractivity contribution in [2.75, 3.05) is 5.73 Å². The summed E-state index contributed by atoms with van der Waals surface area (Å²) in [7, 11) is 0. The first-order valence-corrected chi connectivity index (χ1v) is 3.87. The Kier molecular flexibility index (Phi) is 1.91. The molecular weight excluding hydrogens is 220 g/mol. The van der Waals surface area contributed by atoms with Crippen LogP contribution in [0.2, 0.25) is 0 Å². The molecule has 10 heavy (non-hydrogen) atoms. The van der Waals surface area contributed by atoms with Crippen molar-refractivity contribution in [3.63, 3.8) is 0 Å². The van der Waals surface area contributed by atoms with Crippen molar-refractivity contribution >= 4 is 39.1 Å². The summed E-state index contributed by atoms with van der Waals surface area (Å²) in [5, 5.41) is 8.45. The topological polar surface area (TPSA) is 76.2 Å². The number of aromatic nitrogens is 1. The summed E-state index contributed by atoms with van der Waals surface area (Å²) in [6, 6.07) is 0. The number of halogens is 1. The van der Waals surface area contributed by atoms with Gasteiger partial charge < -0.3 is 10.8 Å². The minimum absolute atomic E-state index is 0.0596. The maximum atomic E-state index is 10.3. The minimum Gasteiger partial charge on any atom is -0.477 e. The summed E-state index contributed by atoms with van der Waals surface area (Å²) in [4.78, 5) is 14.0. The smallest absolute Gasteiger partial charge is 0.349 e. The molecule has 1 rings (SSSR count). The average Bonchev–Trinajstić information content (AvgIpc) is 2.10. The van der Waals surface area contributed by atoms with Crippen LogP contribution < -0.4 is 5.73 Å². The SMILES string of the molecule is Nc1nc(Br)sc1C(=O)O. The van der Waals surface area contributed by atoms with Gasteiger partial charge in [-0.15, -0.1) is 0 Å². The number of nitrogens with zero attached hydrogens (tertiary/aromatic N) is 1. The number of anilines is 1. The molecule has 0 aliphatic rings. The van der Waals surface area contributed by atoms with Gasteiger partial charge in [0.2, 0.25) is 0 Å². The number of aromatic carboxylic acids is 1. The van der Waals surface area contributed by atoms with Crippen LogP contribution in [-0.4, -0.2) is 16.1 Å². The summed E-state index contributed by atoms with van der Waals surface area (Å²) in [6.07, 6.45) is 0. The van der Waals surface area contributed by atoms with Crippen LogP contribution in [0.1, 0.15) is 9.67 Å². The van der Waals surface area contributed by atoms with E-state index in [1.54, 1.807) is 0 Å². The third-order valence-corrected chi connectivity index (χ3v) is 2.33. The van der Waals surface area contributed by atoms with Gasteiger partial charge in [0, 0.05) is 0 Å². The normalized spacial score (nSPS) is 9.70. The number of hydrogen-bond donors (Lipinski definition) is 2. The molecule has 0 bridgehead atoms. The predicted molar refractivity (Wildman–Crippen MR) is 41.2 cm³/mol. The first-order valence-electron chi connectivity index (χ1n) is 2.26. The van der Waals surface area contributed by atoms with Crippen molar-refractivity contribution in [1.82, 2.24) is 4.98 Å². The molecule has 4 nitrogen and oxygen atoms in total. The largest absolute Gasteiger partial charge is 0.477 e. The second kappa shape index (κ2) is 2.55. The Hall–Kier alpha value is -0.620. The molecule has 1 aromatic heterocycles. The number of hydrogen-bond acceptors (Lipinski definition) is 4. The van der Waals surface area contributed by atoms with Crippen LogP contribution in [0.25, 0.3) is 0 Å². The zero-order valence-electron chi connectivity index (χ0n) is 4.67. The van der Waals surface area contributed by atoms with Crippen LogP contribution in [0.15, 0.2) is 3.92 Å². The number of carboxylic acids is 1. The van der Waals surface area contributed by atoms with Gasteiger partial charge in [-0.1, -0.05) is 11.3 Å². The van der Waals surface area contributed by atoms with Crippen molar-refractivity contribution in [3.8, 4) is 0 Å². The molecule has 0 amide bonds. The summed E-state index contributed by atoms with van der Waals surface area (Å²) in [5.74, 6) is -0.981. The molecule has 0 aliphatic heterocycles. The molecule has 0 saturated carbocycles. The third kappa shape index (κ3) is 1.27. The van der Waals surface area contributed by atoms with Crippen LogP contribution in [0.5, 0.6) is 0 Å². The summed E-state index contributed by atoms with van der Waals surface area (Å²) in [6.45, 7) is 0. The quantitative estimate of drug-likeness (QED) is 0.749. The first-order chi connectivity index (χ1) is 4.61. The Morgan fingerprint density at radius 3 is 2.60 bits per heavy atom. The molecule has 0 radical (unpaired) electrons. The number of rotatable bonds is 1. The van der Waals surface area contributed by atoms with Crippen LogP contribution in [0, 0.1) is 0 Å². The molecule has 1 aromatic rings. The van der Waals surface area contributed by atoms with Crippen molar-refractivity contribution in [1.29, 1.82) is 0 Å². The number of nitrogens with two attached hydrogens (primary N) is 1. The van der Waals surface area contributed by atoms with E-state index < -0.39 is 5.97 Å². The zero-order chi connectivity index (χ0) is 7.72. The summed E-state index contributed by atoms with van der Waals surface area (Å²) >= 11 is 4.02. The van der Waals surface area contributed by atoms with Gasteiger partial charge in [0.1, 0.15) is 0 Å². The lowest BCUT2D eigenvalue weighted by Gasteiger charge is -1.84. The number of nitrogen functional groups attached to an aromatic ring is 1. The maximum Gasteiger partial charge on any atom is 0.349 e. The lowest BCUT2D eigenvalue weighted by Crippen LogP contribution is -1.97. The molecule has 3 N–H and O–H groups in total. The number of carbonyl (C=O) groups is 1. The van der Waals surface area contributed by atoms with Gasteiger partial charge in [0.05, 0.1) is 0 Å². The van der Waals surface area contributed by atoms with E-state index in [0.29, 0.717) is 3.92 Å². The third-order valence-electron chi connectivity index (χ3n) is 0.822. The Bertz CT molecular complexity index is 272. The van der Waals surface area contributed by atoms with Crippen molar-refractivity contribution in [2.45, 2.75) is 0 Å². The molecule has 54 valence electrons. The summed E-state index contributed by atoms with van der Waals surface area (Å²) in [5.41, 5.74) is 5.23. The molecule has 0 fully saturated rings. The fraction of sp³-hybridized carbons (Fsp3) is 0. The second-order valence-electron chi connectivity index (χ2n) is 1.49. The molecule has 0 aliphatic carbocycles.